The van der Waals surface area contributed by atoms with Gasteiger partial charge in [0.1, 0.15) is 23.9 Å². The van der Waals surface area contributed by atoms with Crippen LogP contribution in [0.1, 0.15) is 44.1 Å². The van der Waals surface area contributed by atoms with E-state index in [0.717, 1.165) is 0 Å². The van der Waals surface area contributed by atoms with E-state index in [2.05, 4.69) is 16.0 Å². The minimum Gasteiger partial charge on any atom is -0.508 e. The van der Waals surface area contributed by atoms with E-state index >= 15 is 0 Å². The van der Waals surface area contributed by atoms with Gasteiger partial charge in [0.15, 0.2) is 0 Å². The summed E-state index contributed by atoms with van der Waals surface area (Å²) in [7, 11) is 0. The van der Waals surface area contributed by atoms with Crippen LogP contribution in [0.25, 0.3) is 0 Å². The molecule has 0 heterocycles. The molecule has 0 spiro atoms. The van der Waals surface area contributed by atoms with Crippen LogP contribution in [0.4, 0.5) is 0 Å². The van der Waals surface area contributed by atoms with E-state index in [1.807, 2.05) is 0 Å². The molecule has 0 aliphatic rings. The molecule has 0 bridgehead atoms. The fraction of sp³-hybridized carbons (Fsp3) is 0.500. The number of hydrogen-bond acceptors (Lipinski definition) is 9. The number of phenolic OH excluding ortho intramolecular Hbond substituents is 1. The van der Waals surface area contributed by atoms with Crippen LogP contribution in [-0.2, 0) is 35.2 Å². The number of carbonyl (C=O) groups is 6. The van der Waals surface area contributed by atoms with Gasteiger partial charge in [-0.1, -0.05) is 18.6 Å². The number of phenols is 1. The van der Waals surface area contributed by atoms with Gasteiger partial charge >= 0.3 is 5.97 Å². The lowest BCUT2D eigenvalue weighted by molar-refractivity contribution is -0.142. The van der Waals surface area contributed by atoms with Crippen LogP contribution in [0.3, 0.4) is 0 Å². The zero-order chi connectivity index (χ0) is 29.5. The first-order valence-corrected chi connectivity index (χ1v) is 12.3. The molecule has 1 rings (SSSR count). The van der Waals surface area contributed by atoms with Gasteiger partial charge in [-0.3, -0.25) is 24.0 Å². The van der Waals surface area contributed by atoms with Crippen LogP contribution < -0.4 is 38.9 Å². The van der Waals surface area contributed by atoms with Crippen LogP contribution in [0.15, 0.2) is 24.3 Å². The van der Waals surface area contributed by atoms with E-state index in [0.29, 0.717) is 24.9 Å². The van der Waals surface area contributed by atoms with Crippen molar-refractivity contribution in [1.29, 1.82) is 0 Å². The molecule has 0 aromatic heterocycles. The molecule has 39 heavy (non-hydrogen) atoms. The summed E-state index contributed by atoms with van der Waals surface area (Å²) in [6, 6.07) is 0.284. The first-order chi connectivity index (χ1) is 18.3. The Balaban J connectivity index is 3.02. The lowest BCUT2D eigenvalue weighted by atomic mass is 10.0. The lowest BCUT2D eigenvalue weighted by Gasteiger charge is -2.24. The molecule has 5 amide bonds. The highest BCUT2D eigenvalue weighted by Gasteiger charge is 2.31. The fourth-order valence-corrected chi connectivity index (χ4v) is 3.50. The van der Waals surface area contributed by atoms with Crippen molar-refractivity contribution in [1.82, 2.24) is 16.0 Å². The number of amides is 5. The van der Waals surface area contributed by atoms with Crippen LogP contribution in [0, 0.1) is 0 Å². The zero-order valence-corrected chi connectivity index (χ0v) is 21.4. The van der Waals surface area contributed by atoms with Gasteiger partial charge < -0.3 is 49.1 Å². The van der Waals surface area contributed by atoms with E-state index < -0.39 is 66.1 Å². The second kappa shape index (κ2) is 16.6. The quantitative estimate of drug-likeness (QED) is 0.0837. The SMILES string of the molecule is NCCCCC(N)C(=O)NC(CC(N)=O)C(=O)NC(CCC(N)=O)C(=O)NC(Cc1ccc(O)cc1)C(=O)O. The zero-order valence-electron chi connectivity index (χ0n) is 21.4. The first-order valence-electron chi connectivity index (χ1n) is 12.3. The average Bonchev–Trinajstić information content (AvgIpc) is 2.86. The maximum atomic E-state index is 13.0. The number of aromatic hydroxyl groups is 1. The summed E-state index contributed by atoms with van der Waals surface area (Å²) in [5.41, 5.74) is 22.1. The third kappa shape index (κ3) is 12.7. The molecule has 1 aromatic carbocycles. The topological polar surface area (TPSA) is 283 Å². The number of nitrogens with two attached hydrogens (primary N) is 4. The molecule has 0 fully saturated rings. The molecule has 0 aliphatic heterocycles. The maximum absolute atomic E-state index is 13.0. The Labute approximate surface area is 225 Å². The second-order valence-electron chi connectivity index (χ2n) is 8.96. The molecule has 4 unspecified atom stereocenters. The minimum absolute atomic E-state index is 0.0296. The molecule has 0 saturated carbocycles. The second-order valence-corrected chi connectivity index (χ2v) is 8.96. The molecule has 216 valence electrons. The summed E-state index contributed by atoms with van der Waals surface area (Å²) < 4.78 is 0. The molecule has 13 N–H and O–H groups in total. The Morgan fingerprint density at radius 1 is 0.769 bits per heavy atom. The molecule has 1 aromatic rings. The van der Waals surface area contributed by atoms with Crippen molar-refractivity contribution in [3.05, 3.63) is 29.8 Å². The van der Waals surface area contributed by atoms with Gasteiger partial charge in [-0.25, -0.2) is 4.79 Å². The van der Waals surface area contributed by atoms with E-state index in [-0.39, 0.29) is 31.4 Å². The van der Waals surface area contributed by atoms with Gasteiger partial charge in [0.2, 0.25) is 29.5 Å². The monoisotopic (exact) mass is 551 g/mol. The van der Waals surface area contributed by atoms with Crippen molar-refractivity contribution in [2.75, 3.05) is 6.54 Å². The first kappa shape index (κ1) is 32.8. The summed E-state index contributed by atoms with van der Waals surface area (Å²) >= 11 is 0. The average molecular weight is 552 g/mol. The number of benzene rings is 1. The molecular weight excluding hydrogens is 514 g/mol. The van der Waals surface area contributed by atoms with E-state index in [9.17, 15) is 39.0 Å². The third-order valence-electron chi connectivity index (χ3n) is 5.65. The summed E-state index contributed by atoms with van der Waals surface area (Å²) in [5.74, 6) is -5.77. The highest BCUT2D eigenvalue weighted by Crippen LogP contribution is 2.12. The predicted molar refractivity (Wildman–Crippen MR) is 138 cm³/mol. The third-order valence-corrected chi connectivity index (χ3v) is 5.65. The molecule has 15 nitrogen and oxygen atoms in total. The number of nitrogens with one attached hydrogen (secondary N) is 3. The van der Waals surface area contributed by atoms with E-state index in [4.69, 9.17) is 22.9 Å². The number of rotatable bonds is 18. The van der Waals surface area contributed by atoms with E-state index in [1.54, 1.807) is 0 Å². The van der Waals surface area contributed by atoms with Crippen molar-refractivity contribution in [3.63, 3.8) is 0 Å². The summed E-state index contributed by atoms with van der Waals surface area (Å²) in [6.07, 6.45) is 0.0570. The molecule has 0 radical (unpaired) electrons. The number of hydrogen-bond donors (Lipinski definition) is 9. The molecular formula is C24H37N7O8. The molecule has 0 aliphatic carbocycles. The smallest absolute Gasteiger partial charge is 0.326 e. The van der Waals surface area contributed by atoms with Gasteiger partial charge in [-0.05, 0) is 43.5 Å². The van der Waals surface area contributed by atoms with Gasteiger partial charge in [0.25, 0.3) is 0 Å². The van der Waals surface area contributed by atoms with Crippen LogP contribution >= 0.6 is 0 Å². The fourth-order valence-electron chi connectivity index (χ4n) is 3.50. The number of carboxylic acids is 1. The van der Waals surface area contributed by atoms with Gasteiger partial charge in [0.05, 0.1) is 12.5 Å². The van der Waals surface area contributed by atoms with Crippen molar-refractivity contribution < 1.29 is 39.0 Å². The highest BCUT2D eigenvalue weighted by atomic mass is 16.4. The van der Waals surface area contributed by atoms with Gasteiger partial charge in [-0.15, -0.1) is 0 Å². The van der Waals surface area contributed by atoms with Crippen molar-refractivity contribution in [2.45, 2.75) is 69.1 Å². The summed E-state index contributed by atoms with van der Waals surface area (Å²) in [5, 5.41) is 26.0. The Bertz CT molecular complexity index is 1020. The summed E-state index contributed by atoms with van der Waals surface area (Å²) in [4.78, 5) is 73.1. The van der Waals surface area contributed by atoms with Crippen LogP contribution in [-0.4, -0.2) is 76.4 Å². The standard InChI is InChI=1S/C24H37N7O8/c25-10-2-1-3-15(26)21(35)30-17(12-20(28)34)23(37)29-16(8-9-19(27)33)22(36)31-18(24(38)39)11-13-4-6-14(32)7-5-13/h4-7,15-18,32H,1-3,8-12,25-26H2,(H2,27,33)(H2,28,34)(H,29,37)(H,30,35)(H,31,36)(H,38,39). The number of unbranched alkanes of at least 4 members (excludes halogenated alkanes) is 1. The number of primary amides is 2. The molecule has 4 atom stereocenters. The number of carboxylic acid groups (broad SMARTS) is 1. The van der Waals surface area contributed by atoms with E-state index in [1.165, 1.54) is 24.3 Å². The van der Waals surface area contributed by atoms with Gasteiger partial charge in [0, 0.05) is 12.8 Å². The maximum Gasteiger partial charge on any atom is 0.326 e. The molecule has 15 heteroatoms. The Hall–Kier alpha value is -4.24. The minimum atomic E-state index is -1.49. The van der Waals surface area contributed by atoms with Crippen molar-refractivity contribution in [2.24, 2.45) is 22.9 Å². The number of carbonyl (C=O) groups excluding carboxylic acids is 5. The highest BCUT2D eigenvalue weighted by molar-refractivity contribution is 5.96. The van der Waals surface area contributed by atoms with Crippen LogP contribution in [0.5, 0.6) is 5.75 Å². The molecule has 0 saturated heterocycles. The van der Waals surface area contributed by atoms with Crippen molar-refractivity contribution >= 4 is 35.5 Å². The predicted octanol–water partition coefficient (Wildman–Crippen LogP) is -2.93. The number of aliphatic carboxylic acids is 1. The Kier molecular flexibility index (Phi) is 13.9. The van der Waals surface area contributed by atoms with Gasteiger partial charge in [-0.2, -0.15) is 0 Å². The summed E-state index contributed by atoms with van der Waals surface area (Å²) in [6.45, 7) is 0.410. The Morgan fingerprint density at radius 2 is 1.33 bits per heavy atom. The van der Waals surface area contributed by atoms with Crippen LogP contribution in [0.2, 0.25) is 0 Å². The van der Waals surface area contributed by atoms with Crippen molar-refractivity contribution in [3.8, 4) is 5.75 Å². The Morgan fingerprint density at radius 3 is 1.87 bits per heavy atom. The largest absolute Gasteiger partial charge is 0.508 e. The lowest BCUT2D eigenvalue weighted by Crippen LogP contribution is -2.58. The normalized spacial score (nSPS) is 13.8.